The second-order valence-electron chi connectivity index (χ2n) is 6.37. The van der Waals surface area contributed by atoms with E-state index in [0.717, 1.165) is 42.5 Å². The van der Waals surface area contributed by atoms with Gasteiger partial charge in [0.25, 0.3) is 0 Å². The zero-order chi connectivity index (χ0) is 17.5. The summed E-state index contributed by atoms with van der Waals surface area (Å²) >= 11 is 0. The quantitative estimate of drug-likeness (QED) is 0.877. The van der Waals surface area contributed by atoms with Gasteiger partial charge in [-0.15, -0.1) is 5.10 Å². The van der Waals surface area contributed by atoms with Crippen LogP contribution in [0.1, 0.15) is 24.1 Å². The summed E-state index contributed by atoms with van der Waals surface area (Å²) in [5.41, 5.74) is 2.06. The van der Waals surface area contributed by atoms with Crippen molar-refractivity contribution in [3.63, 3.8) is 0 Å². The van der Waals surface area contributed by atoms with Crippen LogP contribution in [0.4, 0.5) is 5.82 Å². The van der Waals surface area contributed by atoms with Crippen molar-refractivity contribution in [2.75, 3.05) is 31.6 Å². The fourth-order valence-corrected chi connectivity index (χ4v) is 3.14. The molecule has 0 aliphatic carbocycles. The molecule has 1 fully saturated rings. The van der Waals surface area contributed by atoms with E-state index < -0.39 is 0 Å². The third kappa shape index (κ3) is 4.79. The summed E-state index contributed by atoms with van der Waals surface area (Å²) in [5, 5.41) is 12.1. The van der Waals surface area contributed by atoms with Gasteiger partial charge >= 0.3 is 0 Å². The summed E-state index contributed by atoms with van der Waals surface area (Å²) in [7, 11) is 1.70. The van der Waals surface area contributed by atoms with E-state index in [-0.39, 0.29) is 0 Å². The van der Waals surface area contributed by atoms with Crippen LogP contribution in [0.3, 0.4) is 0 Å². The van der Waals surface area contributed by atoms with Gasteiger partial charge in [-0.3, -0.25) is 0 Å². The number of hydrogen-bond donors (Lipinski definition) is 1. The zero-order valence-corrected chi connectivity index (χ0v) is 15.0. The van der Waals surface area contributed by atoms with Crippen molar-refractivity contribution in [1.82, 2.24) is 15.5 Å². The van der Waals surface area contributed by atoms with Crippen molar-refractivity contribution in [2.45, 2.75) is 25.8 Å². The maximum absolute atomic E-state index is 5.37. The number of para-hydroxylation sites is 1. The highest BCUT2D eigenvalue weighted by molar-refractivity contribution is 5.57. The molecule has 1 atom stereocenters. The number of rotatable bonds is 6. The Kier molecular flexibility index (Phi) is 6.01. The van der Waals surface area contributed by atoms with Gasteiger partial charge in [0.2, 0.25) is 0 Å². The zero-order valence-electron chi connectivity index (χ0n) is 15.0. The maximum atomic E-state index is 5.37. The fourth-order valence-electron chi connectivity index (χ4n) is 3.14. The fraction of sp³-hybridized carbons (Fsp3) is 0.400. The Bertz CT molecular complexity index is 699. The van der Waals surface area contributed by atoms with E-state index in [1.807, 2.05) is 31.2 Å². The normalized spacial score (nSPS) is 17.8. The van der Waals surface area contributed by atoms with Gasteiger partial charge in [0.1, 0.15) is 5.75 Å². The summed E-state index contributed by atoms with van der Waals surface area (Å²) < 4.78 is 5.37. The van der Waals surface area contributed by atoms with Gasteiger partial charge in [-0.25, -0.2) is 0 Å². The highest BCUT2D eigenvalue weighted by atomic mass is 16.5. The second kappa shape index (κ2) is 8.62. The summed E-state index contributed by atoms with van der Waals surface area (Å²) in [5.74, 6) is 1.88. The van der Waals surface area contributed by atoms with Crippen molar-refractivity contribution in [3.05, 3.63) is 53.7 Å². The SMILES string of the molecule is COc1ccccc1/C=C\CN[C@@H]1CCCN(c2ccc(C)nn2)C1. The van der Waals surface area contributed by atoms with Crippen LogP contribution < -0.4 is 15.0 Å². The molecule has 0 amide bonds. The van der Waals surface area contributed by atoms with Gasteiger partial charge in [-0.05, 0) is 38.0 Å². The van der Waals surface area contributed by atoms with Crippen LogP contribution in [0.15, 0.2) is 42.5 Å². The molecule has 1 aliphatic rings. The van der Waals surface area contributed by atoms with Gasteiger partial charge in [-0.2, -0.15) is 5.10 Å². The summed E-state index contributed by atoms with van der Waals surface area (Å²) in [6.45, 7) is 4.83. The standard InChI is InChI=1S/C20H26N4O/c1-16-11-12-20(23-22-16)24-14-6-9-18(15-24)21-13-5-8-17-7-3-4-10-19(17)25-2/h3-5,7-8,10-12,18,21H,6,9,13-15H2,1-2H3/b8-5-/t18-/m1/s1. The summed E-state index contributed by atoms with van der Waals surface area (Å²) in [4.78, 5) is 2.32. The molecule has 0 radical (unpaired) electrons. The van der Waals surface area contributed by atoms with Crippen molar-refractivity contribution in [3.8, 4) is 5.75 Å². The lowest BCUT2D eigenvalue weighted by molar-refractivity contribution is 0.414. The highest BCUT2D eigenvalue weighted by Crippen LogP contribution is 2.19. The molecule has 25 heavy (non-hydrogen) atoms. The van der Waals surface area contributed by atoms with Crippen molar-refractivity contribution in [1.29, 1.82) is 0 Å². The van der Waals surface area contributed by atoms with E-state index in [1.54, 1.807) is 7.11 Å². The smallest absolute Gasteiger partial charge is 0.151 e. The molecule has 1 N–H and O–H groups in total. The minimum absolute atomic E-state index is 0.471. The monoisotopic (exact) mass is 338 g/mol. The Labute approximate surface area is 149 Å². The van der Waals surface area contributed by atoms with Crippen molar-refractivity contribution < 1.29 is 4.74 Å². The van der Waals surface area contributed by atoms with E-state index in [1.165, 1.54) is 12.8 Å². The molecule has 0 spiro atoms. The Morgan fingerprint density at radius 2 is 2.12 bits per heavy atom. The highest BCUT2D eigenvalue weighted by Gasteiger charge is 2.20. The molecule has 0 saturated carbocycles. The second-order valence-corrected chi connectivity index (χ2v) is 6.37. The van der Waals surface area contributed by atoms with Gasteiger partial charge in [0, 0.05) is 31.2 Å². The van der Waals surface area contributed by atoms with E-state index in [2.05, 4.69) is 44.7 Å². The van der Waals surface area contributed by atoms with Crippen molar-refractivity contribution in [2.24, 2.45) is 0 Å². The third-order valence-electron chi connectivity index (χ3n) is 4.49. The lowest BCUT2D eigenvalue weighted by atomic mass is 10.1. The number of anilines is 1. The number of methoxy groups -OCH3 is 1. The number of hydrogen-bond acceptors (Lipinski definition) is 5. The molecule has 3 rings (SSSR count). The van der Waals surface area contributed by atoms with Crippen LogP contribution in [-0.2, 0) is 0 Å². The Balaban J connectivity index is 1.51. The predicted molar refractivity (Wildman–Crippen MR) is 102 cm³/mol. The minimum atomic E-state index is 0.471. The van der Waals surface area contributed by atoms with E-state index in [4.69, 9.17) is 4.74 Å². The molecule has 0 unspecified atom stereocenters. The molecule has 132 valence electrons. The van der Waals surface area contributed by atoms with Gasteiger partial charge in [-0.1, -0.05) is 30.4 Å². The summed E-state index contributed by atoms with van der Waals surface area (Å²) in [6.07, 6.45) is 6.63. The molecule has 5 heteroatoms. The summed E-state index contributed by atoms with van der Waals surface area (Å²) in [6, 6.07) is 12.6. The lowest BCUT2D eigenvalue weighted by Crippen LogP contribution is -2.46. The number of aromatic nitrogens is 2. The number of ether oxygens (including phenoxy) is 1. The average molecular weight is 338 g/mol. The van der Waals surface area contributed by atoms with Crippen LogP contribution in [0, 0.1) is 6.92 Å². The topological polar surface area (TPSA) is 50.3 Å². The third-order valence-corrected chi connectivity index (χ3v) is 4.49. The number of benzene rings is 1. The van der Waals surface area contributed by atoms with Gasteiger partial charge < -0.3 is 15.0 Å². The van der Waals surface area contributed by atoms with Crippen LogP contribution >= 0.6 is 0 Å². The molecular weight excluding hydrogens is 312 g/mol. The van der Waals surface area contributed by atoms with Gasteiger partial charge in [0.05, 0.1) is 12.8 Å². The largest absolute Gasteiger partial charge is 0.496 e. The molecule has 2 aromatic rings. The molecule has 1 aromatic carbocycles. The predicted octanol–water partition coefficient (Wildman–Crippen LogP) is 3.07. The van der Waals surface area contributed by atoms with Crippen LogP contribution in [0.2, 0.25) is 0 Å². The van der Waals surface area contributed by atoms with Crippen LogP contribution in [-0.4, -0.2) is 43.0 Å². The number of nitrogens with one attached hydrogen (secondary N) is 1. The van der Waals surface area contributed by atoms with E-state index in [9.17, 15) is 0 Å². The average Bonchev–Trinajstić information content (AvgIpc) is 2.66. The van der Waals surface area contributed by atoms with Gasteiger partial charge in [0.15, 0.2) is 5.82 Å². The number of piperidine rings is 1. The van der Waals surface area contributed by atoms with Crippen LogP contribution in [0.5, 0.6) is 5.75 Å². The first kappa shape index (κ1) is 17.4. The first-order valence-corrected chi connectivity index (χ1v) is 8.84. The first-order chi connectivity index (χ1) is 12.3. The van der Waals surface area contributed by atoms with Crippen LogP contribution in [0.25, 0.3) is 6.08 Å². The Morgan fingerprint density at radius 1 is 1.24 bits per heavy atom. The molecule has 5 nitrogen and oxygen atoms in total. The Morgan fingerprint density at radius 3 is 2.92 bits per heavy atom. The van der Waals surface area contributed by atoms with Crippen molar-refractivity contribution >= 4 is 11.9 Å². The lowest BCUT2D eigenvalue weighted by Gasteiger charge is -2.33. The molecule has 1 aliphatic heterocycles. The molecular formula is C20H26N4O. The molecule has 1 saturated heterocycles. The maximum Gasteiger partial charge on any atom is 0.151 e. The first-order valence-electron chi connectivity index (χ1n) is 8.84. The number of aryl methyl sites for hydroxylation is 1. The van der Waals surface area contributed by atoms with E-state index >= 15 is 0 Å². The molecule has 2 heterocycles. The molecule has 0 bridgehead atoms. The Hall–Kier alpha value is -2.40. The number of nitrogens with zero attached hydrogens (tertiary/aromatic N) is 3. The van der Waals surface area contributed by atoms with E-state index in [0.29, 0.717) is 6.04 Å². The minimum Gasteiger partial charge on any atom is -0.496 e. The molecule has 1 aromatic heterocycles.